The molecule has 0 unspecified atom stereocenters. The van der Waals surface area contributed by atoms with E-state index in [0.29, 0.717) is 5.76 Å². The Morgan fingerprint density at radius 2 is 2.00 bits per heavy atom. The molecule has 0 aliphatic heterocycles. The Labute approximate surface area is 123 Å². The number of carbonyl (C=O) groups excluding carboxylic acids is 1. The lowest BCUT2D eigenvalue weighted by atomic mass is 10.1. The topological polar surface area (TPSA) is 59.3 Å². The number of halogens is 3. The fraction of sp³-hybridized carbons (Fsp3) is 0.200. The Balaban J connectivity index is 2.68. The van der Waals surface area contributed by atoms with Crippen LogP contribution in [0.1, 0.15) is 18.2 Å². The lowest BCUT2D eigenvalue weighted by molar-refractivity contribution is -0.167. The maximum atomic E-state index is 12.4. The van der Waals surface area contributed by atoms with Crippen molar-refractivity contribution in [2.24, 2.45) is 0 Å². The molecule has 0 aliphatic rings. The van der Waals surface area contributed by atoms with Crippen LogP contribution in [-0.2, 0) is 4.79 Å². The Morgan fingerprint density at radius 1 is 1.32 bits per heavy atom. The number of benzene rings is 1. The van der Waals surface area contributed by atoms with E-state index in [1.165, 1.54) is 24.3 Å². The molecule has 0 aliphatic carbocycles. The zero-order valence-corrected chi connectivity index (χ0v) is 11.7. The van der Waals surface area contributed by atoms with Crippen LogP contribution in [0.25, 0.3) is 17.0 Å². The van der Waals surface area contributed by atoms with Crippen LogP contribution in [0.4, 0.5) is 18.9 Å². The predicted molar refractivity (Wildman–Crippen MR) is 76.6 cm³/mol. The monoisotopic (exact) mass is 311 g/mol. The Kier molecular flexibility index (Phi) is 4.07. The molecule has 116 valence electrons. The number of amides is 1. The van der Waals surface area contributed by atoms with Crippen molar-refractivity contribution in [1.82, 2.24) is 0 Å². The summed E-state index contributed by atoms with van der Waals surface area (Å²) in [7, 11) is 0. The normalized spacial score (nSPS) is 12.0. The first-order chi connectivity index (χ1) is 10.2. The van der Waals surface area contributed by atoms with Gasteiger partial charge in [-0.3, -0.25) is 9.59 Å². The first-order valence-electron chi connectivity index (χ1n) is 6.32. The highest BCUT2D eigenvalue weighted by Crippen LogP contribution is 2.28. The van der Waals surface area contributed by atoms with Gasteiger partial charge < -0.3 is 9.73 Å². The van der Waals surface area contributed by atoms with Gasteiger partial charge in [-0.1, -0.05) is 12.2 Å². The molecule has 2 rings (SSSR count). The summed E-state index contributed by atoms with van der Waals surface area (Å²) in [6.45, 7) is 3.21. The number of hydrogen-bond donors (Lipinski definition) is 1. The van der Waals surface area contributed by atoms with E-state index in [1.54, 1.807) is 25.2 Å². The molecule has 22 heavy (non-hydrogen) atoms. The van der Waals surface area contributed by atoms with Gasteiger partial charge in [-0.25, -0.2) is 0 Å². The second-order valence-corrected chi connectivity index (χ2v) is 4.58. The van der Waals surface area contributed by atoms with Crippen molar-refractivity contribution in [2.45, 2.75) is 20.0 Å². The largest absolute Gasteiger partial charge is 0.471 e. The molecule has 4 nitrogen and oxygen atoms in total. The molecule has 0 atom stereocenters. The van der Waals surface area contributed by atoms with Crippen LogP contribution in [0.5, 0.6) is 0 Å². The molecule has 1 amide bonds. The van der Waals surface area contributed by atoms with Crippen molar-refractivity contribution in [3.8, 4) is 0 Å². The molecule has 0 bridgehead atoms. The first-order valence-corrected chi connectivity index (χ1v) is 6.32. The van der Waals surface area contributed by atoms with E-state index in [4.69, 9.17) is 4.42 Å². The average molecular weight is 311 g/mol. The van der Waals surface area contributed by atoms with Crippen LogP contribution in [-0.4, -0.2) is 12.1 Å². The predicted octanol–water partition coefficient (Wildman–Crippen LogP) is 3.64. The highest BCUT2D eigenvalue weighted by atomic mass is 19.4. The van der Waals surface area contributed by atoms with Crippen molar-refractivity contribution in [3.05, 3.63) is 45.8 Å². The number of rotatable bonds is 2. The summed E-state index contributed by atoms with van der Waals surface area (Å²) in [5.74, 6) is -1.77. The maximum Gasteiger partial charge on any atom is 0.471 e. The average Bonchev–Trinajstić information content (AvgIpc) is 2.40. The molecular formula is C15H12F3NO3. The van der Waals surface area contributed by atoms with Gasteiger partial charge in [-0.15, -0.1) is 0 Å². The lowest BCUT2D eigenvalue weighted by Crippen LogP contribution is -2.30. The number of anilines is 1. The molecule has 1 aromatic carbocycles. The SMILES string of the molecule is C/C=C/c1c(NC(=O)C(F)(F)F)ccc2c(=O)cc(C)oc12. The highest BCUT2D eigenvalue weighted by molar-refractivity contribution is 6.00. The van der Waals surface area contributed by atoms with Crippen molar-refractivity contribution < 1.29 is 22.4 Å². The minimum absolute atomic E-state index is 0.0818. The third kappa shape index (κ3) is 3.03. The van der Waals surface area contributed by atoms with Gasteiger partial charge in [0.15, 0.2) is 5.43 Å². The third-order valence-corrected chi connectivity index (χ3v) is 2.90. The van der Waals surface area contributed by atoms with Crippen LogP contribution < -0.4 is 10.7 Å². The van der Waals surface area contributed by atoms with Crippen LogP contribution >= 0.6 is 0 Å². The molecule has 0 radical (unpaired) electrons. The molecule has 0 saturated carbocycles. The van der Waals surface area contributed by atoms with Gasteiger partial charge >= 0.3 is 12.1 Å². The quantitative estimate of drug-likeness (QED) is 0.921. The zero-order valence-electron chi connectivity index (χ0n) is 11.7. The van der Waals surface area contributed by atoms with Crippen LogP contribution in [0.3, 0.4) is 0 Å². The number of hydrogen-bond acceptors (Lipinski definition) is 3. The van der Waals surface area contributed by atoms with Gasteiger partial charge in [0.25, 0.3) is 0 Å². The van der Waals surface area contributed by atoms with Gasteiger partial charge in [0.2, 0.25) is 0 Å². The van der Waals surface area contributed by atoms with Crippen molar-refractivity contribution >= 4 is 28.6 Å². The summed E-state index contributed by atoms with van der Waals surface area (Å²) in [6, 6.07) is 3.85. The highest BCUT2D eigenvalue weighted by Gasteiger charge is 2.39. The molecule has 0 fully saturated rings. The third-order valence-electron chi connectivity index (χ3n) is 2.90. The van der Waals surface area contributed by atoms with E-state index in [9.17, 15) is 22.8 Å². The van der Waals surface area contributed by atoms with E-state index < -0.39 is 12.1 Å². The number of nitrogens with one attached hydrogen (secondary N) is 1. The zero-order chi connectivity index (χ0) is 16.5. The summed E-state index contributed by atoms with van der Waals surface area (Å²) >= 11 is 0. The standard InChI is InChI=1S/C15H12F3NO3/c1-3-4-9-11(19-14(21)15(16,17)18)6-5-10-12(20)7-8(2)22-13(9)10/h3-7H,1-2H3,(H,19,21)/b4-3+. The molecule has 1 N–H and O–H groups in total. The minimum atomic E-state index is -5.00. The molecule has 1 heterocycles. The van der Waals surface area contributed by atoms with Gasteiger partial charge in [-0.05, 0) is 26.0 Å². The molecule has 2 aromatic rings. The van der Waals surface area contributed by atoms with E-state index in [0.717, 1.165) is 0 Å². The van der Waals surface area contributed by atoms with Gasteiger partial charge in [0, 0.05) is 11.6 Å². The Bertz CT molecular complexity index is 819. The maximum absolute atomic E-state index is 12.4. The van der Waals surface area contributed by atoms with E-state index in [-0.39, 0.29) is 27.6 Å². The number of aryl methyl sites for hydroxylation is 1. The van der Waals surface area contributed by atoms with Crippen LogP contribution in [0.2, 0.25) is 0 Å². The number of fused-ring (bicyclic) bond motifs is 1. The van der Waals surface area contributed by atoms with E-state index in [2.05, 4.69) is 0 Å². The molecule has 0 spiro atoms. The second-order valence-electron chi connectivity index (χ2n) is 4.58. The summed E-state index contributed by atoms with van der Waals surface area (Å²) in [4.78, 5) is 23.0. The van der Waals surface area contributed by atoms with Gasteiger partial charge in [0.05, 0.1) is 11.1 Å². The van der Waals surface area contributed by atoms with E-state index in [1.807, 2.05) is 0 Å². The van der Waals surface area contributed by atoms with Crippen LogP contribution in [0, 0.1) is 6.92 Å². The number of carbonyl (C=O) groups is 1. The second kappa shape index (κ2) is 5.67. The van der Waals surface area contributed by atoms with Crippen molar-refractivity contribution in [2.75, 3.05) is 5.32 Å². The Morgan fingerprint density at radius 3 is 2.59 bits per heavy atom. The Hall–Kier alpha value is -2.57. The van der Waals surface area contributed by atoms with Crippen LogP contribution in [0.15, 0.2) is 33.5 Å². The van der Waals surface area contributed by atoms with Gasteiger partial charge in [-0.2, -0.15) is 13.2 Å². The summed E-state index contributed by atoms with van der Waals surface area (Å²) < 4.78 is 42.6. The molecular weight excluding hydrogens is 299 g/mol. The molecule has 7 heteroatoms. The number of alkyl halides is 3. The summed E-state index contributed by atoms with van der Waals surface area (Å²) in [5, 5.41) is 2.01. The van der Waals surface area contributed by atoms with Gasteiger partial charge in [0.1, 0.15) is 11.3 Å². The molecule has 1 aromatic heterocycles. The number of allylic oxidation sites excluding steroid dienone is 1. The first kappa shape index (κ1) is 15.8. The van der Waals surface area contributed by atoms with Crippen molar-refractivity contribution in [1.29, 1.82) is 0 Å². The lowest BCUT2D eigenvalue weighted by Gasteiger charge is -2.12. The molecule has 0 saturated heterocycles. The van der Waals surface area contributed by atoms with E-state index >= 15 is 0 Å². The fourth-order valence-corrected chi connectivity index (χ4v) is 1.99. The fourth-order valence-electron chi connectivity index (χ4n) is 1.99. The van der Waals surface area contributed by atoms with Crippen molar-refractivity contribution in [3.63, 3.8) is 0 Å². The summed E-state index contributed by atoms with van der Waals surface area (Å²) in [5.41, 5.74) is -0.0543. The summed E-state index contributed by atoms with van der Waals surface area (Å²) in [6.07, 6.45) is -1.97. The smallest absolute Gasteiger partial charge is 0.460 e. The minimum Gasteiger partial charge on any atom is -0.460 e.